The Balaban J connectivity index is 2.05. The minimum Gasteiger partial charge on any atom is -0.381 e. The highest BCUT2D eigenvalue weighted by atomic mass is 35.5. The highest BCUT2D eigenvalue weighted by Crippen LogP contribution is 2.20. The van der Waals surface area contributed by atoms with Gasteiger partial charge in [0.05, 0.1) is 11.5 Å². The molecule has 1 unspecified atom stereocenters. The fourth-order valence-corrected chi connectivity index (χ4v) is 3.78. The van der Waals surface area contributed by atoms with E-state index in [1.807, 2.05) is 18.2 Å². The molecule has 1 fully saturated rings. The van der Waals surface area contributed by atoms with Crippen LogP contribution in [0.15, 0.2) is 24.3 Å². The average Bonchev–Trinajstić information content (AvgIpc) is 2.15. The van der Waals surface area contributed by atoms with Crippen molar-refractivity contribution in [1.29, 1.82) is 0 Å². The molecule has 5 heteroatoms. The third-order valence-electron chi connectivity index (χ3n) is 2.66. The van der Waals surface area contributed by atoms with E-state index in [-0.39, 0.29) is 11.8 Å². The first kappa shape index (κ1) is 11.7. The molecule has 1 aliphatic heterocycles. The molecule has 1 aliphatic rings. The van der Waals surface area contributed by atoms with Crippen molar-refractivity contribution in [2.24, 2.45) is 0 Å². The molecule has 2 rings (SSSR count). The molecule has 1 atom stereocenters. The number of benzene rings is 1. The molecule has 1 aromatic rings. The highest BCUT2D eigenvalue weighted by molar-refractivity contribution is 7.91. The molecule has 0 radical (unpaired) electrons. The lowest BCUT2D eigenvalue weighted by atomic mass is 10.2. The zero-order valence-electron chi connectivity index (χ0n) is 8.82. The maximum atomic E-state index is 11.5. The number of sulfone groups is 1. The lowest BCUT2D eigenvalue weighted by Gasteiger charge is -2.24. The monoisotopic (exact) mass is 259 g/mol. The fraction of sp³-hybridized carbons (Fsp3) is 0.455. The molecule has 0 bridgehead atoms. The quantitative estimate of drug-likeness (QED) is 0.887. The van der Waals surface area contributed by atoms with Crippen LogP contribution in [0.1, 0.15) is 12.8 Å². The van der Waals surface area contributed by atoms with E-state index in [4.69, 9.17) is 11.6 Å². The van der Waals surface area contributed by atoms with Crippen LogP contribution in [0.3, 0.4) is 0 Å². The van der Waals surface area contributed by atoms with Crippen LogP contribution in [0.2, 0.25) is 5.02 Å². The minimum atomic E-state index is -2.86. The maximum absolute atomic E-state index is 11.5. The van der Waals surface area contributed by atoms with Gasteiger partial charge in [-0.25, -0.2) is 8.42 Å². The largest absolute Gasteiger partial charge is 0.381 e. The topological polar surface area (TPSA) is 46.2 Å². The van der Waals surface area contributed by atoms with E-state index >= 15 is 0 Å². The molecule has 1 saturated heterocycles. The molecular formula is C11H14ClNO2S. The van der Waals surface area contributed by atoms with Crippen LogP contribution in [0.4, 0.5) is 5.69 Å². The van der Waals surface area contributed by atoms with Crippen LogP contribution in [0.25, 0.3) is 0 Å². The molecule has 1 aromatic carbocycles. The van der Waals surface area contributed by atoms with Gasteiger partial charge >= 0.3 is 0 Å². The number of hydrogen-bond acceptors (Lipinski definition) is 3. The summed E-state index contributed by atoms with van der Waals surface area (Å²) in [7, 11) is -2.86. The first-order valence-corrected chi connectivity index (χ1v) is 7.48. The van der Waals surface area contributed by atoms with Gasteiger partial charge in [0.1, 0.15) is 0 Å². The predicted molar refractivity (Wildman–Crippen MR) is 66.8 cm³/mol. The Labute approximate surface area is 101 Å². The standard InChI is InChI=1S/C11H14ClNO2S/c12-9-3-1-4-10(7-9)13-11-5-2-6-16(14,15)8-11/h1,3-4,7,11,13H,2,5-6,8H2. The van der Waals surface area contributed by atoms with Gasteiger partial charge in [0.15, 0.2) is 9.84 Å². The number of halogens is 1. The third-order valence-corrected chi connectivity index (χ3v) is 4.71. The van der Waals surface area contributed by atoms with Gasteiger partial charge in [-0.1, -0.05) is 17.7 Å². The van der Waals surface area contributed by atoms with Gasteiger partial charge in [0, 0.05) is 16.8 Å². The molecule has 16 heavy (non-hydrogen) atoms. The van der Waals surface area contributed by atoms with Crippen LogP contribution >= 0.6 is 11.6 Å². The van der Waals surface area contributed by atoms with Gasteiger partial charge in [0.25, 0.3) is 0 Å². The molecule has 0 saturated carbocycles. The number of rotatable bonds is 2. The Morgan fingerprint density at radius 3 is 2.88 bits per heavy atom. The molecule has 0 aromatic heterocycles. The summed E-state index contributed by atoms with van der Waals surface area (Å²) >= 11 is 5.86. The molecule has 88 valence electrons. The van der Waals surface area contributed by atoms with E-state index in [1.54, 1.807) is 6.07 Å². The van der Waals surface area contributed by atoms with Crippen molar-refractivity contribution in [1.82, 2.24) is 0 Å². The van der Waals surface area contributed by atoms with E-state index in [0.717, 1.165) is 18.5 Å². The SMILES string of the molecule is O=S1(=O)CCCC(Nc2cccc(Cl)c2)C1. The highest BCUT2D eigenvalue weighted by Gasteiger charge is 2.24. The zero-order valence-corrected chi connectivity index (χ0v) is 10.4. The van der Waals surface area contributed by atoms with Gasteiger partial charge in [-0.05, 0) is 31.0 Å². The summed E-state index contributed by atoms with van der Waals surface area (Å²) in [5.74, 6) is 0.542. The van der Waals surface area contributed by atoms with Crippen LogP contribution in [-0.2, 0) is 9.84 Å². The van der Waals surface area contributed by atoms with Crippen molar-refractivity contribution in [3.05, 3.63) is 29.3 Å². The van der Waals surface area contributed by atoms with E-state index < -0.39 is 9.84 Å². The number of nitrogens with one attached hydrogen (secondary N) is 1. The summed E-state index contributed by atoms with van der Waals surface area (Å²) in [5, 5.41) is 3.87. The Morgan fingerprint density at radius 1 is 1.38 bits per heavy atom. The predicted octanol–water partition coefficient (Wildman–Crippen LogP) is 2.33. The van der Waals surface area contributed by atoms with Crippen molar-refractivity contribution >= 4 is 27.1 Å². The smallest absolute Gasteiger partial charge is 0.152 e. The molecule has 0 amide bonds. The van der Waals surface area contributed by atoms with Crippen LogP contribution in [0.5, 0.6) is 0 Å². The summed E-state index contributed by atoms with van der Waals surface area (Å²) in [6, 6.07) is 7.36. The second-order valence-corrected chi connectivity index (χ2v) is 6.77. The molecule has 1 heterocycles. The first-order chi connectivity index (χ1) is 7.55. The molecule has 0 aliphatic carbocycles. The molecule has 3 nitrogen and oxygen atoms in total. The summed E-state index contributed by atoms with van der Waals surface area (Å²) in [6.45, 7) is 0. The average molecular weight is 260 g/mol. The van der Waals surface area contributed by atoms with Crippen molar-refractivity contribution in [3.8, 4) is 0 Å². The van der Waals surface area contributed by atoms with Crippen LogP contribution < -0.4 is 5.32 Å². The summed E-state index contributed by atoms with van der Waals surface area (Å²) in [5.41, 5.74) is 0.884. The lowest BCUT2D eigenvalue weighted by molar-refractivity contribution is 0.562. The summed E-state index contributed by atoms with van der Waals surface area (Å²) in [6.07, 6.45) is 1.63. The van der Waals surface area contributed by atoms with E-state index in [1.165, 1.54) is 0 Å². The second-order valence-electron chi connectivity index (χ2n) is 4.11. The minimum absolute atomic E-state index is 0.0113. The summed E-state index contributed by atoms with van der Waals surface area (Å²) in [4.78, 5) is 0. The second kappa shape index (κ2) is 4.63. The zero-order chi connectivity index (χ0) is 11.6. The third kappa shape index (κ3) is 3.12. The fourth-order valence-electron chi connectivity index (χ4n) is 1.95. The van der Waals surface area contributed by atoms with Gasteiger partial charge < -0.3 is 5.32 Å². The van der Waals surface area contributed by atoms with Gasteiger partial charge in [-0.2, -0.15) is 0 Å². The van der Waals surface area contributed by atoms with Gasteiger partial charge in [-0.3, -0.25) is 0 Å². The van der Waals surface area contributed by atoms with E-state index in [0.29, 0.717) is 10.8 Å². The van der Waals surface area contributed by atoms with Gasteiger partial charge in [0.2, 0.25) is 0 Å². The normalized spacial score (nSPS) is 23.9. The van der Waals surface area contributed by atoms with Crippen molar-refractivity contribution in [2.75, 3.05) is 16.8 Å². The van der Waals surface area contributed by atoms with Crippen molar-refractivity contribution in [2.45, 2.75) is 18.9 Å². The van der Waals surface area contributed by atoms with E-state index in [9.17, 15) is 8.42 Å². The molecular weight excluding hydrogens is 246 g/mol. The van der Waals surface area contributed by atoms with Crippen molar-refractivity contribution in [3.63, 3.8) is 0 Å². The molecule has 0 spiro atoms. The van der Waals surface area contributed by atoms with Crippen LogP contribution in [0, 0.1) is 0 Å². The van der Waals surface area contributed by atoms with Gasteiger partial charge in [-0.15, -0.1) is 0 Å². The Kier molecular flexibility index (Phi) is 3.40. The lowest BCUT2D eigenvalue weighted by Crippen LogP contribution is -2.34. The maximum Gasteiger partial charge on any atom is 0.152 e. The summed E-state index contributed by atoms with van der Waals surface area (Å²) < 4.78 is 22.9. The Bertz CT molecular complexity index is 473. The number of anilines is 1. The Hall–Kier alpha value is -0.740. The molecule has 1 N–H and O–H groups in total. The number of hydrogen-bond donors (Lipinski definition) is 1. The first-order valence-electron chi connectivity index (χ1n) is 5.28. The van der Waals surface area contributed by atoms with Crippen molar-refractivity contribution < 1.29 is 8.42 Å². The van der Waals surface area contributed by atoms with E-state index in [2.05, 4.69) is 5.32 Å². The van der Waals surface area contributed by atoms with Crippen LogP contribution in [-0.4, -0.2) is 26.0 Å². The Morgan fingerprint density at radius 2 is 2.19 bits per heavy atom.